The van der Waals surface area contributed by atoms with E-state index >= 15 is 0 Å². The molecule has 2 saturated heterocycles. The van der Waals surface area contributed by atoms with E-state index in [1.807, 2.05) is 6.07 Å². The molecule has 2 aliphatic heterocycles. The largest absolute Gasteiger partial charge is 0.342 e. The number of likely N-dealkylation sites (tertiary alicyclic amines) is 1. The highest BCUT2D eigenvalue weighted by Crippen LogP contribution is 2.37. The molecule has 1 spiro atoms. The summed E-state index contributed by atoms with van der Waals surface area (Å²) in [5.74, 6) is 1.62. The van der Waals surface area contributed by atoms with E-state index in [1.54, 1.807) is 11.8 Å². The third-order valence-corrected chi connectivity index (χ3v) is 6.58. The van der Waals surface area contributed by atoms with Crippen LogP contribution in [-0.4, -0.2) is 52.1 Å². The molecule has 25 heavy (non-hydrogen) atoms. The normalized spacial score (nSPS) is 19.8. The lowest BCUT2D eigenvalue weighted by Gasteiger charge is -2.38. The molecule has 0 saturated carbocycles. The standard InChI is InChI=1S/C19H26N4OS/c1-15-2-3-17-21-16(11-23(17)10-15)12-25-13-18(24)22-8-5-19(6-9-22)4-7-20-14-19/h2-3,10-11,20H,4-9,12-14H2,1H3. The number of thioether (sulfide) groups is 1. The van der Waals surface area contributed by atoms with Crippen molar-refractivity contribution in [3.63, 3.8) is 0 Å². The molecule has 0 radical (unpaired) electrons. The van der Waals surface area contributed by atoms with Crippen LogP contribution < -0.4 is 5.32 Å². The first kappa shape index (κ1) is 16.9. The van der Waals surface area contributed by atoms with E-state index in [0.29, 0.717) is 11.2 Å². The number of pyridine rings is 1. The van der Waals surface area contributed by atoms with E-state index in [1.165, 1.54) is 12.0 Å². The number of carbonyl (C=O) groups excluding carboxylic acids is 1. The molecule has 0 bridgehead atoms. The highest BCUT2D eigenvalue weighted by Gasteiger charge is 2.37. The molecule has 0 unspecified atom stereocenters. The van der Waals surface area contributed by atoms with Gasteiger partial charge < -0.3 is 14.6 Å². The van der Waals surface area contributed by atoms with Crippen molar-refractivity contribution in [2.24, 2.45) is 5.41 Å². The van der Waals surface area contributed by atoms with Crippen LogP contribution in [0.1, 0.15) is 30.5 Å². The van der Waals surface area contributed by atoms with Crippen LogP contribution in [0.3, 0.4) is 0 Å². The number of aromatic nitrogens is 2. The molecule has 0 aliphatic carbocycles. The van der Waals surface area contributed by atoms with Crippen LogP contribution in [0.25, 0.3) is 5.65 Å². The van der Waals surface area contributed by atoms with Crippen molar-refractivity contribution < 1.29 is 4.79 Å². The molecule has 2 fully saturated rings. The summed E-state index contributed by atoms with van der Waals surface area (Å²) in [7, 11) is 0. The zero-order chi connectivity index (χ0) is 17.3. The molecule has 2 aromatic heterocycles. The number of hydrogen-bond donors (Lipinski definition) is 1. The Morgan fingerprint density at radius 1 is 1.28 bits per heavy atom. The van der Waals surface area contributed by atoms with Gasteiger partial charge in [0.15, 0.2) is 0 Å². The molecule has 0 aromatic carbocycles. The lowest BCUT2D eigenvalue weighted by molar-refractivity contribution is -0.130. The first-order chi connectivity index (χ1) is 12.1. The van der Waals surface area contributed by atoms with Crippen molar-refractivity contribution in [2.75, 3.05) is 31.9 Å². The maximum Gasteiger partial charge on any atom is 0.232 e. The first-order valence-electron chi connectivity index (χ1n) is 9.14. The minimum Gasteiger partial charge on any atom is -0.342 e. The van der Waals surface area contributed by atoms with Gasteiger partial charge in [0.2, 0.25) is 5.91 Å². The van der Waals surface area contributed by atoms with Gasteiger partial charge in [-0.25, -0.2) is 4.98 Å². The first-order valence-corrected chi connectivity index (χ1v) is 10.3. The van der Waals surface area contributed by atoms with E-state index in [2.05, 4.69) is 45.0 Å². The predicted octanol–water partition coefficient (Wildman–Crippen LogP) is 2.48. The van der Waals surface area contributed by atoms with Gasteiger partial charge in [-0.2, -0.15) is 0 Å². The van der Waals surface area contributed by atoms with E-state index in [0.717, 1.165) is 56.1 Å². The van der Waals surface area contributed by atoms with Gasteiger partial charge in [0, 0.05) is 37.8 Å². The Balaban J connectivity index is 1.26. The number of aryl methyl sites for hydroxylation is 1. The predicted molar refractivity (Wildman–Crippen MR) is 102 cm³/mol. The van der Waals surface area contributed by atoms with Crippen LogP contribution in [0.4, 0.5) is 0 Å². The average Bonchev–Trinajstić information content (AvgIpc) is 3.22. The molecular weight excluding hydrogens is 332 g/mol. The molecule has 134 valence electrons. The zero-order valence-electron chi connectivity index (χ0n) is 14.8. The second-order valence-corrected chi connectivity index (χ2v) is 8.49. The molecule has 4 heterocycles. The van der Waals surface area contributed by atoms with Crippen molar-refractivity contribution in [3.8, 4) is 0 Å². The number of piperidine rings is 1. The summed E-state index contributed by atoms with van der Waals surface area (Å²) in [5, 5.41) is 3.48. The highest BCUT2D eigenvalue weighted by atomic mass is 32.2. The van der Waals surface area contributed by atoms with Gasteiger partial charge in [0.25, 0.3) is 0 Å². The minimum absolute atomic E-state index is 0.283. The van der Waals surface area contributed by atoms with Gasteiger partial charge in [-0.15, -0.1) is 11.8 Å². The SMILES string of the molecule is Cc1ccc2nc(CSCC(=O)N3CCC4(CCNC4)CC3)cn2c1. The monoisotopic (exact) mass is 358 g/mol. The number of fused-ring (bicyclic) bond motifs is 1. The second-order valence-electron chi connectivity index (χ2n) is 7.50. The van der Waals surface area contributed by atoms with Gasteiger partial charge >= 0.3 is 0 Å². The lowest BCUT2D eigenvalue weighted by Crippen LogP contribution is -2.44. The second kappa shape index (κ2) is 7.00. The van der Waals surface area contributed by atoms with Crippen molar-refractivity contribution in [1.82, 2.24) is 19.6 Å². The van der Waals surface area contributed by atoms with Crippen molar-refractivity contribution in [1.29, 1.82) is 0 Å². The van der Waals surface area contributed by atoms with Crippen LogP contribution in [-0.2, 0) is 10.5 Å². The van der Waals surface area contributed by atoms with E-state index in [4.69, 9.17) is 0 Å². The average molecular weight is 359 g/mol. The van der Waals surface area contributed by atoms with Crippen LogP contribution in [0.15, 0.2) is 24.5 Å². The van der Waals surface area contributed by atoms with Crippen LogP contribution in [0, 0.1) is 12.3 Å². The van der Waals surface area contributed by atoms with Gasteiger partial charge in [-0.3, -0.25) is 4.79 Å². The molecule has 0 atom stereocenters. The minimum atomic E-state index is 0.283. The van der Waals surface area contributed by atoms with Crippen LogP contribution in [0.5, 0.6) is 0 Å². The Labute approximate surface area is 153 Å². The van der Waals surface area contributed by atoms with Gasteiger partial charge in [0.1, 0.15) is 5.65 Å². The summed E-state index contributed by atoms with van der Waals surface area (Å²) in [4.78, 5) is 19.2. The number of imidazole rings is 1. The topological polar surface area (TPSA) is 49.6 Å². The molecule has 2 aromatic rings. The Hall–Kier alpha value is -1.53. The fraction of sp³-hybridized carbons (Fsp3) is 0.579. The summed E-state index contributed by atoms with van der Waals surface area (Å²) in [6.07, 6.45) is 7.74. The van der Waals surface area contributed by atoms with Crippen LogP contribution in [0.2, 0.25) is 0 Å². The Bertz CT molecular complexity index is 756. The maximum absolute atomic E-state index is 12.5. The molecular formula is C19H26N4OS. The maximum atomic E-state index is 12.5. The van der Waals surface area contributed by atoms with E-state index < -0.39 is 0 Å². The van der Waals surface area contributed by atoms with Gasteiger partial charge in [-0.1, -0.05) is 6.07 Å². The number of carbonyl (C=O) groups is 1. The Morgan fingerprint density at radius 2 is 2.12 bits per heavy atom. The fourth-order valence-corrected chi connectivity index (χ4v) is 4.82. The molecule has 4 rings (SSSR count). The third kappa shape index (κ3) is 3.70. The number of amides is 1. The third-order valence-electron chi connectivity index (χ3n) is 5.63. The number of hydrogen-bond acceptors (Lipinski definition) is 4. The quantitative estimate of drug-likeness (QED) is 0.912. The fourth-order valence-electron chi connectivity index (χ4n) is 4.01. The van der Waals surface area contributed by atoms with Crippen LogP contribution >= 0.6 is 11.8 Å². The number of nitrogens with one attached hydrogen (secondary N) is 1. The summed E-state index contributed by atoms with van der Waals surface area (Å²) in [5.41, 5.74) is 3.70. The summed E-state index contributed by atoms with van der Waals surface area (Å²) >= 11 is 1.67. The zero-order valence-corrected chi connectivity index (χ0v) is 15.6. The smallest absolute Gasteiger partial charge is 0.232 e. The molecule has 6 heteroatoms. The lowest BCUT2D eigenvalue weighted by atomic mass is 9.78. The number of nitrogens with zero attached hydrogens (tertiary/aromatic N) is 3. The highest BCUT2D eigenvalue weighted by molar-refractivity contribution is 7.99. The van der Waals surface area contributed by atoms with Crippen molar-refractivity contribution in [3.05, 3.63) is 35.8 Å². The molecule has 1 N–H and O–H groups in total. The summed E-state index contributed by atoms with van der Waals surface area (Å²) < 4.78 is 2.06. The molecule has 2 aliphatic rings. The molecule has 5 nitrogen and oxygen atoms in total. The molecule has 1 amide bonds. The van der Waals surface area contributed by atoms with Gasteiger partial charge in [-0.05, 0) is 49.8 Å². The van der Waals surface area contributed by atoms with E-state index in [-0.39, 0.29) is 5.91 Å². The van der Waals surface area contributed by atoms with Crippen molar-refractivity contribution >= 4 is 23.3 Å². The van der Waals surface area contributed by atoms with E-state index in [9.17, 15) is 4.79 Å². The number of rotatable bonds is 4. The van der Waals surface area contributed by atoms with Gasteiger partial charge in [0.05, 0.1) is 11.4 Å². The van der Waals surface area contributed by atoms with Crippen molar-refractivity contribution in [2.45, 2.75) is 31.9 Å². The summed E-state index contributed by atoms with van der Waals surface area (Å²) in [6, 6.07) is 4.11. The Morgan fingerprint density at radius 3 is 2.88 bits per heavy atom. The summed E-state index contributed by atoms with van der Waals surface area (Å²) in [6.45, 7) is 6.21. The Kier molecular flexibility index (Phi) is 4.73.